The van der Waals surface area contributed by atoms with Crippen LogP contribution in [0.4, 0.5) is 0 Å². The van der Waals surface area contributed by atoms with Gasteiger partial charge in [-0.2, -0.15) is 0 Å². The molecule has 1 aromatic rings. The number of nitrogens with two attached hydrogens (primary N) is 1. The highest BCUT2D eigenvalue weighted by molar-refractivity contribution is 5.42. The van der Waals surface area contributed by atoms with E-state index < -0.39 is 0 Å². The monoisotopic (exact) mass is 205 g/mol. The number of hydrogen-bond donors (Lipinski definition) is 2. The van der Waals surface area contributed by atoms with Crippen molar-refractivity contribution in [1.82, 2.24) is 0 Å². The van der Waals surface area contributed by atoms with Gasteiger partial charge in [0.25, 0.3) is 0 Å². The molecule has 1 aliphatic carbocycles. The zero-order chi connectivity index (χ0) is 10.8. The fourth-order valence-corrected chi connectivity index (χ4v) is 2.22. The number of para-hydroxylation sites is 1. The average Bonchev–Trinajstić information content (AvgIpc) is 2.15. The molecule has 0 aliphatic heterocycles. The maximum Gasteiger partial charge on any atom is 0.123 e. The Labute approximate surface area is 91.1 Å². The highest BCUT2D eigenvalue weighted by Gasteiger charge is 2.27. The molecule has 0 unspecified atom stereocenters. The summed E-state index contributed by atoms with van der Waals surface area (Å²) >= 11 is 0. The molecule has 3 N–H and O–H groups in total. The van der Waals surface area contributed by atoms with E-state index in [0.717, 1.165) is 17.5 Å². The van der Waals surface area contributed by atoms with Gasteiger partial charge < -0.3 is 10.8 Å². The maximum atomic E-state index is 10.0. The minimum atomic E-state index is 0.0187. The summed E-state index contributed by atoms with van der Waals surface area (Å²) in [5, 5.41) is 10.0. The summed E-state index contributed by atoms with van der Waals surface area (Å²) in [6.45, 7) is 2.05. The molecule has 0 spiro atoms. The zero-order valence-electron chi connectivity index (χ0n) is 9.24. The molecule has 2 heteroatoms. The number of phenolic OH excluding ortho intramolecular Hbond substituents is 1. The zero-order valence-corrected chi connectivity index (χ0v) is 9.24. The first kappa shape index (κ1) is 10.5. The first-order valence-electron chi connectivity index (χ1n) is 5.80. The molecule has 15 heavy (non-hydrogen) atoms. The molecule has 0 heterocycles. The van der Waals surface area contributed by atoms with Crippen LogP contribution in [0.1, 0.15) is 43.4 Å². The first-order chi connectivity index (χ1) is 7.24. The molecule has 0 saturated heterocycles. The predicted octanol–water partition coefficient (Wildman–Crippen LogP) is 2.75. The van der Waals surface area contributed by atoms with Crippen molar-refractivity contribution in [3.05, 3.63) is 29.3 Å². The average molecular weight is 205 g/mol. The van der Waals surface area contributed by atoms with Crippen LogP contribution in [0.25, 0.3) is 0 Å². The molecule has 2 rings (SSSR count). The Balaban J connectivity index is 2.26. The van der Waals surface area contributed by atoms with E-state index in [0.29, 0.717) is 11.7 Å². The molecule has 1 aliphatic rings. The summed E-state index contributed by atoms with van der Waals surface area (Å²) < 4.78 is 0. The third-order valence-corrected chi connectivity index (χ3v) is 3.55. The summed E-state index contributed by atoms with van der Waals surface area (Å²) in [7, 11) is 0. The number of hydrogen-bond acceptors (Lipinski definition) is 2. The molecule has 1 atom stereocenters. The lowest BCUT2D eigenvalue weighted by atomic mass is 9.77. The van der Waals surface area contributed by atoms with Gasteiger partial charge in [0.05, 0.1) is 0 Å². The minimum Gasteiger partial charge on any atom is -0.507 e. The third-order valence-electron chi connectivity index (χ3n) is 3.55. The van der Waals surface area contributed by atoms with Gasteiger partial charge in [0.1, 0.15) is 5.75 Å². The van der Waals surface area contributed by atoms with Gasteiger partial charge in [-0.3, -0.25) is 0 Å². The topological polar surface area (TPSA) is 46.2 Å². The normalized spacial score (nSPS) is 18.5. The summed E-state index contributed by atoms with van der Waals surface area (Å²) in [4.78, 5) is 0. The van der Waals surface area contributed by atoms with Gasteiger partial charge in [-0.15, -0.1) is 0 Å². The second-order valence-electron chi connectivity index (χ2n) is 4.43. The van der Waals surface area contributed by atoms with Crippen molar-refractivity contribution >= 4 is 0 Å². The van der Waals surface area contributed by atoms with Crippen molar-refractivity contribution in [2.24, 2.45) is 11.7 Å². The number of aromatic hydroxyl groups is 1. The fraction of sp³-hybridized carbons (Fsp3) is 0.538. The quantitative estimate of drug-likeness (QED) is 0.797. The minimum absolute atomic E-state index is 0.0187. The van der Waals surface area contributed by atoms with Crippen LogP contribution in [0.5, 0.6) is 5.75 Å². The van der Waals surface area contributed by atoms with E-state index in [1.807, 2.05) is 25.1 Å². The van der Waals surface area contributed by atoms with E-state index in [1.165, 1.54) is 19.3 Å². The number of benzene rings is 1. The molecular formula is C13H19NO. The van der Waals surface area contributed by atoms with Crippen LogP contribution in [0.15, 0.2) is 18.2 Å². The van der Waals surface area contributed by atoms with E-state index >= 15 is 0 Å². The molecule has 1 saturated carbocycles. The van der Waals surface area contributed by atoms with Crippen LogP contribution in [0.2, 0.25) is 0 Å². The summed E-state index contributed by atoms with van der Waals surface area (Å²) in [5.74, 6) is 0.988. The molecule has 0 amide bonds. The molecule has 0 aromatic heterocycles. The summed E-state index contributed by atoms with van der Waals surface area (Å²) in [6.07, 6.45) is 4.55. The third kappa shape index (κ3) is 1.86. The molecular weight excluding hydrogens is 186 g/mol. The van der Waals surface area contributed by atoms with Gasteiger partial charge in [-0.05, 0) is 30.7 Å². The van der Waals surface area contributed by atoms with Crippen molar-refractivity contribution in [2.45, 2.75) is 38.6 Å². The first-order valence-corrected chi connectivity index (χ1v) is 5.80. The van der Waals surface area contributed by atoms with E-state index in [2.05, 4.69) is 0 Å². The van der Waals surface area contributed by atoms with Crippen LogP contribution < -0.4 is 5.73 Å². The van der Waals surface area contributed by atoms with Gasteiger partial charge in [-0.25, -0.2) is 0 Å². The molecule has 0 radical (unpaired) electrons. The molecule has 0 bridgehead atoms. The number of phenols is 1. The van der Waals surface area contributed by atoms with Crippen LogP contribution >= 0.6 is 0 Å². The standard InChI is InChI=1S/C13H19NO/c1-2-9-5-4-8-11(13(9)15)12(14)10-6-3-7-10/h4-5,8,10,12,15H,2-3,6-7,14H2,1H3/t12-/m0/s1. The Hall–Kier alpha value is -1.02. The van der Waals surface area contributed by atoms with Gasteiger partial charge in [0, 0.05) is 11.6 Å². The summed E-state index contributed by atoms with van der Waals surface area (Å²) in [5.41, 5.74) is 8.10. The lowest BCUT2D eigenvalue weighted by Crippen LogP contribution is -2.26. The lowest BCUT2D eigenvalue weighted by molar-refractivity contribution is 0.260. The number of rotatable bonds is 3. The maximum absolute atomic E-state index is 10.0. The lowest BCUT2D eigenvalue weighted by Gasteiger charge is -2.32. The predicted molar refractivity (Wildman–Crippen MR) is 61.8 cm³/mol. The number of aryl methyl sites for hydroxylation is 1. The van der Waals surface area contributed by atoms with Crippen molar-refractivity contribution in [1.29, 1.82) is 0 Å². The Morgan fingerprint density at radius 1 is 1.47 bits per heavy atom. The van der Waals surface area contributed by atoms with Gasteiger partial charge in [0.15, 0.2) is 0 Å². The van der Waals surface area contributed by atoms with Crippen molar-refractivity contribution < 1.29 is 5.11 Å². The molecule has 82 valence electrons. The van der Waals surface area contributed by atoms with E-state index in [9.17, 15) is 5.11 Å². The van der Waals surface area contributed by atoms with Crippen molar-refractivity contribution in [3.63, 3.8) is 0 Å². The van der Waals surface area contributed by atoms with Gasteiger partial charge in [-0.1, -0.05) is 31.5 Å². The second kappa shape index (κ2) is 4.23. The van der Waals surface area contributed by atoms with Crippen LogP contribution in [0, 0.1) is 5.92 Å². The Bertz CT molecular complexity index is 344. The van der Waals surface area contributed by atoms with Gasteiger partial charge >= 0.3 is 0 Å². The van der Waals surface area contributed by atoms with Crippen molar-refractivity contribution in [3.8, 4) is 5.75 Å². The van der Waals surface area contributed by atoms with Crippen molar-refractivity contribution in [2.75, 3.05) is 0 Å². The van der Waals surface area contributed by atoms with E-state index in [-0.39, 0.29) is 6.04 Å². The molecule has 2 nitrogen and oxygen atoms in total. The Morgan fingerprint density at radius 3 is 2.73 bits per heavy atom. The molecule has 1 aromatic carbocycles. The van der Waals surface area contributed by atoms with Crippen LogP contribution in [0.3, 0.4) is 0 Å². The molecule has 1 fully saturated rings. The highest BCUT2D eigenvalue weighted by Crippen LogP contribution is 2.39. The Morgan fingerprint density at radius 2 is 2.20 bits per heavy atom. The van der Waals surface area contributed by atoms with E-state index in [1.54, 1.807) is 0 Å². The smallest absolute Gasteiger partial charge is 0.123 e. The fourth-order valence-electron chi connectivity index (χ4n) is 2.22. The summed E-state index contributed by atoms with van der Waals surface area (Å²) in [6, 6.07) is 5.93. The van der Waals surface area contributed by atoms with Crippen LogP contribution in [-0.2, 0) is 6.42 Å². The second-order valence-corrected chi connectivity index (χ2v) is 4.43. The van der Waals surface area contributed by atoms with E-state index in [4.69, 9.17) is 5.73 Å². The SMILES string of the molecule is CCc1cccc([C@@H](N)C2CCC2)c1O. The highest BCUT2D eigenvalue weighted by atomic mass is 16.3. The largest absolute Gasteiger partial charge is 0.507 e. The van der Waals surface area contributed by atoms with Crippen LogP contribution in [-0.4, -0.2) is 5.11 Å². The van der Waals surface area contributed by atoms with Gasteiger partial charge in [0.2, 0.25) is 0 Å². The Kier molecular flexibility index (Phi) is 2.96.